The number of carbonyl (C=O) groups is 2. The summed E-state index contributed by atoms with van der Waals surface area (Å²) in [6.07, 6.45) is 5.57. The van der Waals surface area contributed by atoms with Crippen LogP contribution in [0.15, 0.2) is 0 Å². The summed E-state index contributed by atoms with van der Waals surface area (Å²) in [4.78, 5) is 25.0. The lowest BCUT2D eigenvalue weighted by atomic mass is 9.84. The highest BCUT2D eigenvalue weighted by Crippen LogP contribution is 2.27. The van der Waals surface area contributed by atoms with E-state index in [0.29, 0.717) is 31.8 Å². The van der Waals surface area contributed by atoms with E-state index in [1.165, 1.54) is 0 Å². The van der Waals surface area contributed by atoms with Crippen LogP contribution in [0.3, 0.4) is 0 Å². The van der Waals surface area contributed by atoms with Gasteiger partial charge in [-0.1, -0.05) is 6.42 Å². The number of likely N-dealkylation sites (tertiary alicyclic amines) is 1. The molecule has 0 aromatic rings. The Balaban J connectivity index is 1.80. The van der Waals surface area contributed by atoms with Gasteiger partial charge in [0.15, 0.2) is 0 Å². The van der Waals surface area contributed by atoms with Gasteiger partial charge in [0.05, 0.1) is 5.92 Å². The monoisotopic (exact) mass is 253 g/mol. The molecule has 0 spiro atoms. The number of primary amides is 1. The highest BCUT2D eigenvalue weighted by Gasteiger charge is 2.31. The van der Waals surface area contributed by atoms with Gasteiger partial charge in [0.2, 0.25) is 11.8 Å². The van der Waals surface area contributed by atoms with E-state index in [0.717, 1.165) is 25.7 Å². The molecule has 3 unspecified atom stereocenters. The van der Waals surface area contributed by atoms with Crippen LogP contribution < -0.4 is 11.5 Å². The third-order valence-corrected chi connectivity index (χ3v) is 4.23. The zero-order valence-corrected chi connectivity index (χ0v) is 10.8. The third-order valence-electron chi connectivity index (χ3n) is 4.23. The van der Waals surface area contributed by atoms with Crippen molar-refractivity contribution in [2.75, 3.05) is 13.1 Å². The Morgan fingerprint density at radius 1 is 1.22 bits per heavy atom. The molecule has 2 amide bonds. The maximum absolute atomic E-state index is 12.1. The van der Waals surface area contributed by atoms with Crippen LogP contribution in [-0.4, -0.2) is 35.8 Å². The number of nitrogens with two attached hydrogens (primary N) is 2. The molecule has 5 nitrogen and oxygen atoms in total. The summed E-state index contributed by atoms with van der Waals surface area (Å²) in [5, 5.41) is 0. The van der Waals surface area contributed by atoms with Crippen LogP contribution in [0.25, 0.3) is 0 Å². The van der Waals surface area contributed by atoms with Gasteiger partial charge in [0, 0.05) is 25.6 Å². The Kier molecular flexibility index (Phi) is 4.22. The molecule has 3 atom stereocenters. The van der Waals surface area contributed by atoms with Crippen molar-refractivity contribution < 1.29 is 9.59 Å². The zero-order valence-electron chi connectivity index (χ0n) is 10.8. The summed E-state index contributed by atoms with van der Waals surface area (Å²) in [6, 6.07) is 0.258. The molecular weight excluding hydrogens is 230 g/mol. The molecule has 1 saturated carbocycles. The quantitative estimate of drug-likeness (QED) is 0.754. The van der Waals surface area contributed by atoms with E-state index >= 15 is 0 Å². The molecule has 1 aliphatic carbocycles. The Hall–Kier alpha value is -1.10. The number of rotatable bonds is 3. The number of amides is 2. The van der Waals surface area contributed by atoms with E-state index in [1.807, 2.05) is 0 Å². The first-order valence-corrected chi connectivity index (χ1v) is 6.89. The van der Waals surface area contributed by atoms with E-state index < -0.39 is 0 Å². The summed E-state index contributed by atoms with van der Waals surface area (Å²) >= 11 is 0. The van der Waals surface area contributed by atoms with Gasteiger partial charge in [-0.15, -0.1) is 0 Å². The van der Waals surface area contributed by atoms with Crippen LogP contribution in [0.4, 0.5) is 0 Å². The maximum atomic E-state index is 12.1. The molecule has 0 aromatic heterocycles. The van der Waals surface area contributed by atoms with Gasteiger partial charge in [-0.05, 0) is 31.6 Å². The summed E-state index contributed by atoms with van der Waals surface area (Å²) in [5.41, 5.74) is 11.2. The zero-order chi connectivity index (χ0) is 13.1. The molecule has 5 heteroatoms. The molecule has 0 aromatic carbocycles. The standard InChI is InChI=1S/C13H23N3O2/c14-11-3-1-2-9(6-11)7-12(17)16-5-4-10(8-16)13(15)18/h9-11H,1-8,14H2,(H2,15,18). The molecular formula is C13H23N3O2. The molecule has 1 heterocycles. The Labute approximate surface area is 108 Å². The molecule has 2 rings (SSSR count). The fraction of sp³-hybridized carbons (Fsp3) is 0.846. The molecule has 102 valence electrons. The maximum Gasteiger partial charge on any atom is 0.222 e. The van der Waals surface area contributed by atoms with Crippen molar-refractivity contribution in [1.82, 2.24) is 4.90 Å². The summed E-state index contributed by atoms with van der Waals surface area (Å²) in [5.74, 6) is 0.152. The lowest BCUT2D eigenvalue weighted by Gasteiger charge is -2.27. The van der Waals surface area contributed by atoms with Crippen molar-refractivity contribution in [2.45, 2.75) is 44.6 Å². The second-order valence-corrected chi connectivity index (χ2v) is 5.72. The van der Waals surface area contributed by atoms with Gasteiger partial charge < -0.3 is 16.4 Å². The number of hydrogen-bond acceptors (Lipinski definition) is 3. The topological polar surface area (TPSA) is 89.4 Å². The van der Waals surface area contributed by atoms with Crippen molar-refractivity contribution in [2.24, 2.45) is 23.3 Å². The normalized spacial score (nSPS) is 32.5. The van der Waals surface area contributed by atoms with Gasteiger partial charge in [-0.3, -0.25) is 9.59 Å². The minimum Gasteiger partial charge on any atom is -0.369 e. The second-order valence-electron chi connectivity index (χ2n) is 5.72. The third kappa shape index (κ3) is 3.22. The van der Waals surface area contributed by atoms with Crippen LogP contribution in [-0.2, 0) is 9.59 Å². The van der Waals surface area contributed by atoms with Gasteiger partial charge in [0.1, 0.15) is 0 Å². The molecule has 18 heavy (non-hydrogen) atoms. The van der Waals surface area contributed by atoms with Crippen molar-refractivity contribution in [3.8, 4) is 0 Å². The summed E-state index contributed by atoms with van der Waals surface area (Å²) < 4.78 is 0. The van der Waals surface area contributed by atoms with Crippen LogP contribution in [0.2, 0.25) is 0 Å². The molecule has 2 aliphatic rings. The summed E-state index contributed by atoms with van der Waals surface area (Å²) in [6.45, 7) is 1.18. The first-order valence-electron chi connectivity index (χ1n) is 6.89. The Bertz CT molecular complexity index is 332. The predicted octanol–water partition coefficient (Wildman–Crippen LogP) is 0.228. The van der Waals surface area contributed by atoms with Crippen molar-refractivity contribution in [3.05, 3.63) is 0 Å². The van der Waals surface area contributed by atoms with Gasteiger partial charge >= 0.3 is 0 Å². The fourth-order valence-electron chi connectivity index (χ4n) is 3.11. The minimum absolute atomic E-state index is 0.150. The van der Waals surface area contributed by atoms with Crippen molar-refractivity contribution >= 4 is 11.8 Å². The predicted molar refractivity (Wildman–Crippen MR) is 68.4 cm³/mol. The molecule has 0 radical (unpaired) electrons. The average Bonchev–Trinajstić information content (AvgIpc) is 2.78. The molecule has 0 bridgehead atoms. The Morgan fingerprint density at radius 2 is 2.00 bits per heavy atom. The van der Waals surface area contributed by atoms with Crippen LogP contribution >= 0.6 is 0 Å². The van der Waals surface area contributed by atoms with E-state index in [-0.39, 0.29) is 23.8 Å². The van der Waals surface area contributed by atoms with Crippen LogP contribution in [0.5, 0.6) is 0 Å². The molecule has 2 fully saturated rings. The SMILES string of the molecule is NC(=O)C1CCN(C(=O)CC2CCCC(N)C2)C1. The van der Waals surface area contributed by atoms with Crippen molar-refractivity contribution in [1.29, 1.82) is 0 Å². The highest BCUT2D eigenvalue weighted by atomic mass is 16.2. The smallest absolute Gasteiger partial charge is 0.222 e. The highest BCUT2D eigenvalue weighted by molar-refractivity contribution is 5.81. The minimum atomic E-state index is -0.287. The fourth-order valence-corrected chi connectivity index (χ4v) is 3.11. The Morgan fingerprint density at radius 3 is 2.61 bits per heavy atom. The van der Waals surface area contributed by atoms with E-state index in [4.69, 9.17) is 11.5 Å². The first kappa shape index (κ1) is 13.3. The van der Waals surface area contributed by atoms with E-state index in [9.17, 15) is 9.59 Å². The second kappa shape index (κ2) is 5.69. The van der Waals surface area contributed by atoms with Gasteiger partial charge in [0.25, 0.3) is 0 Å². The molecule has 1 saturated heterocycles. The molecule has 1 aliphatic heterocycles. The van der Waals surface area contributed by atoms with E-state index in [1.54, 1.807) is 4.90 Å². The van der Waals surface area contributed by atoms with Gasteiger partial charge in [-0.25, -0.2) is 0 Å². The van der Waals surface area contributed by atoms with Crippen LogP contribution in [0.1, 0.15) is 38.5 Å². The largest absolute Gasteiger partial charge is 0.369 e. The number of nitrogens with zero attached hydrogens (tertiary/aromatic N) is 1. The summed E-state index contributed by atoms with van der Waals surface area (Å²) in [7, 11) is 0. The average molecular weight is 253 g/mol. The number of hydrogen-bond donors (Lipinski definition) is 2. The first-order chi connectivity index (χ1) is 8.56. The number of carbonyl (C=O) groups excluding carboxylic acids is 2. The molecule has 4 N–H and O–H groups in total. The lowest BCUT2D eigenvalue weighted by Crippen LogP contribution is -2.35. The lowest BCUT2D eigenvalue weighted by molar-refractivity contribution is -0.131. The van der Waals surface area contributed by atoms with Gasteiger partial charge in [-0.2, -0.15) is 0 Å². The van der Waals surface area contributed by atoms with E-state index in [2.05, 4.69) is 0 Å². The van der Waals surface area contributed by atoms with Crippen LogP contribution in [0, 0.1) is 11.8 Å². The van der Waals surface area contributed by atoms with Crippen molar-refractivity contribution in [3.63, 3.8) is 0 Å².